The highest BCUT2D eigenvalue weighted by molar-refractivity contribution is 6.31. The Labute approximate surface area is 202 Å². The number of fused-ring (bicyclic) bond motifs is 1. The molecular formula is C25H25Cl2N5O. The lowest BCUT2D eigenvalue weighted by atomic mass is 9.83. The Bertz CT molecular complexity index is 1270. The van der Waals surface area contributed by atoms with Crippen molar-refractivity contribution in [1.82, 2.24) is 24.5 Å². The van der Waals surface area contributed by atoms with E-state index in [4.69, 9.17) is 23.2 Å². The first kappa shape index (κ1) is 22.3. The zero-order valence-corrected chi connectivity index (χ0v) is 19.8. The van der Waals surface area contributed by atoms with E-state index in [1.807, 2.05) is 24.4 Å². The molecule has 5 rings (SSSR count). The summed E-state index contributed by atoms with van der Waals surface area (Å²) in [4.78, 5) is 17.5. The van der Waals surface area contributed by atoms with E-state index in [1.165, 1.54) is 25.7 Å². The van der Waals surface area contributed by atoms with E-state index in [9.17, 15) is 5.11 Å². The number of hydrogen-bond donors (Lipinski definition) is 1. The van der Waals surface area contributed by atoms with Crippen LogP contribution in [0.25, 0.3) is 22.3 Å². The Morgan fingerprint density at radius 2 is 1.91 bits per heavy atom. The minimum Gasteiger partial charge on any atom is -0.383 e. The predicted molar refractivity (Wildman–Crippen MR) is 130 cm³/mol. The van der Waals surface area contributed by atoms with Crippen LogP contribution in [0.5, 0.6) is 0 Å². The highest BCUT2D eigenvalue weighted by atomic mass is 35.5. The van der Waals surface area contributed by atoms with Crippen LogP contribution in [0.15, 0.2) is 49.2 Å². The van der Waals surface area contributed by atoms with Crippen LogP contribution in [0.3, 0.4) is 0 Å². The number of nitrogens with zero attached hydrogens (tertiary/aromatic N) is 5. The third kappa shape index (κ3) is 4.60. The second kappa shape index (κ2) is 9.37. The molecule has 1 unspecified atom stereocenters. The average Bonchev–Trinajstić information content (AvgIpc) is 3.18. The molecule has 1 fully saturated rings. The van der Waals surface area contributed by atoms with Gasteiger partial charge in [-0.3, -0.25) is 9.97 Å². The van der Waals surface area contributed by atoms with Gasteiger partial charge in [-0.05, 0) is 48.4 Å². The summed E-state index contributed by atoms with van der Waals surface area (Å²) in [6.07, 6.45) is 12.6. The number of hydrogen-bond acceptors (Lipinski definition) is 5. The quantitative estimate of drug-likeness (QED) is 0.348. The predicted octanol–water partition coefficient (Wildman–Crippen LogP) is 6.10. The zero-order valence-electron chi connectivity index (χ0n) is 18.3. The molecule has 6 nitrogen and oxygen atoms in total. The highest BCUT2D eigenvalue weighted by Gasteiger charge is 2.26. The fraction of sp³-hybridized carbons (Fsp3) is 0.360. The Morgan fingerprint density at radius 3 is 2.64 bits per heavy atom. The van der Waals surface area contributed by atoms with E-state index in [1.54, 1.807) is 24.8 Å². The molecule has 8 heteroatoms. The lowest BCUT2D eigenvalue weighted by molar-refractivity contribution is 0.220. The van der Waals surface area contributed by atoms with E-state index >= 15 is 0 Å². The minimum absolute atomic E-state index is 0.112. The maximum Gasteiger partial charge on any atom is 0.223 e. The molecule has 0 radical (unpaired) electrons. The number of pyridine rings is 2. The Kier molecular flexibility index (Phi) is 6.32. The Balaban J connectivity index is 1.68. The zero-order chi connectivity index (χ0) is 22.9. The summed E-state index contributed by atoms with van der Waals surface area (Å²) < 4.78 is 2.18. The van der Waals surface area contributed by atoms with Gasteiger partial charge in [-0.1, -0.05) is 37.4 Å². The summed E-state index contributed by atoms with van der Waals surface area (Å²) in [6.45, 7) is 3.15. The largest absolute Gasteiger partial charge is 0.383 e. The topological polar surface area (TPSA) is 76.7 Å². The van der Waals surface area contributed by atoms with Crippen LogP contribution in [0.4, 0.5) is 0 Å². The van der Waals surface area contributed by atoms with Gasteiger partial charge in [0.1, 0.15) is 11.8 Å². The molecule has 33 heavy (non-hydrogen) atoms. The van der Waals surface area contributed by atoms with Gasteiger partial charge in [0, 0.05) is 54.2 Å². The molecule has 170 valence electrons. The third-order valence-electron chi connectivity index (χ3n) is 6.58. The van der Waals surface area contributed by atoms with E-state index in [0.29, 0.717) is 33.3 Å². The normalized spacial score (nSPS) is 19.6. The van der Waals surface area contributed by atoms with Crippen molar-refractivity contribution in [3.05, 3.63) is 70.6 Å². The summed E-state index contributed by atoms with van der Waals surface area (Å²) >= 11 is 12.6. The molecule has 1 saturated carbocycles. The van der Waals surface area contributed by atoms with Gasteiger partial charge < -0.3 is 9.67 Å². The Morgan fingerprint density at radius 1 is 1.09 bits per heavy atom. The summed E-state index contributed by atoms with van der Waals surface area (Å²) in [5.74, 6) is 1.34. The van der Waals surface area contributed by atoms with Crippen LogP contribution in [0.2, 0.25) is 10.3 Å². The van der Waals surface area contributed by atoms with Crippen molar-refractivity contribution in [3.8, 4) is 11.3 Å². The van der Waals surface area contributed by atoms with Gasteiger partial charge in [0.05, 0.1) is 16.1 Å². The van der Waals surface area contributed by atoms with E-state index in [2.05, 4.69) is 31.4 Å². The van der Waals surface area contributed by atoms with E-state index in [-0.39, 0.29) is 5.28 Å². The van der Waals surface area contributed by atoms with Crippen LogP contribution in [-0.4, -0.2) is 29.6 Å². The van der Waals surface area contributed by atoms with Crippen LogP contribution >= 0.6 is 23.2 Å². The smallest absolute Gasteiger partial charge is 0.223 e. The standard InChI is InChI=1S/C25H25Cl2N5O/c1-15-4-6-16(7-5-15)13-32-14-20(24(33)17-3-2-8-28-10-17)22-23(32)21(30-25(27)31-22)18-9-19(26)12-29-11-18/h2-3,8-12,14-16,24,33H,4-7,13H2,1H3. The van der Waals surface area contributed by atoms with Crippen LogP contribution < -0.4 is 0 Å². The molecule has 1 aliphatic rings. The molecule has 1 aliphatic carbocycles. The molecule has 0 spiro atoms. The molecule has 1 atom stereocenters. The van der Waals surface area contributed by atoms with Crippen LogP contribution in [0.1, 0.15) is 49.8 Å². The van der Waals surface area contributed by atoms with E-state index < -0.39 is 6.10 Å². The first-order chi connectivity index (χ1) is 16.0. The molecule has 4 heterocycles. The maximum absolute atomic E-state index is 11.2. The molecular weight excluding hydrogens is 457 g/mol. The summed E-state index contributed by atoms with van der Waals surface area (Å²) in [7, 11) is 0. The first-order valence-corrected chi connectivity index (χ1v) is 12.0. The van der Waals surface area contributed by atoms with Crippen molar-refractivity contribution in [1.29, 1.82) is 0 Å². The van der Waals surface area contributed by atoms with Crippen molar-refractivity contribution < 1.29 is 5.11 Å². The Hall–Kier alpha value is -2.54. The second-order valence-electron chi connectivity index (χ2n) is 8.98. The fourth-order valence-electron chi connectivity index (χ4n) is 4.79. The summed E-state index contributed by atoms with van der Waals surface area (Å²) in [6, 6.07) is 5.49. The monoisotopic (exact) mass is 481 g/mol. The summed E-state index contributed by atoms with van der Waals surface area (Å²) in [5.41, 5.74) is 4.27. The van der Waals surface area contributed by atoms with Crippen molar-refractivity contribution in [2.75, 3.05) is 0 Å². The van der Waals surface area contributed by atoms with Gasteiger partial charge in [-0.2, -0.15) is 0 Å². The minimum atomic E-state index is -0.884. The molecule has 0 amide bonds. The van der Waals surface area contributed by atoms with E-state index in [0.717, 1.165) is 23.5 Å². The molecule has 0 aliphatic heterocycles. The molecule has 4 aromatic heterocycles. The van der Waals surface area contributed by atoms with Crippen molar-refractivity contribution in [2.45, 2.75) is 45.3 Å². The third-order valence-corrected chi connectivity index (χ3v) is 6.95. The van der Waals surface area contributed by atoms with Gasteiger partial charge in [0.2, 0.25) is 5.28 Å². The fourth-order valence-corrected chi connectivity index (χ4v) is 5.13. The van der Waals surface area contributed by atoms with Crippen molar-refractivity contribution in [3.63, 3.8) is 0 Å². The first-order valence-electron chi connectivity index (χ1n) is 11.2. The average molecular weight is 482 g/mol. The molecule has 0 saturated heterocycles. The highest BCUT2D eigenvalue weighted by Crippen LogP contribution is 2.37. The van der Waals surface area contributed by atoms with Gasteiger partial charge in [0.25, 0.3) is 0 Å². The van der Waals surface area contributed by atoms with Gasteiger partial charge in [-0.15, -0.1) is 0 Å². The van der Waals surface area contributed by atoms with Gasteiger partial charge in [0.15, 0.2) is 0 Å². The number of aliphatic hydroxyl groups excluding tert-OH is 1. The van der Waals surface area contributed by atoms with Gasteiger partial charge in [-0.25, -0.2) is 9.97 Å². The SMILES string of the molecule is CC1CCC(Cn2cc(C(O)c3cccnc3)c3nc(Cl)nc(-c4cncc(Cl)c4)c32)CC1. The van der Waals surface area contributed by atoms with Crippen LogP contribution in [-0.2, 0) is 6.54 Å². The second-order valence-corrected chi connectivity index (χ2v) is 9.76. The lowest BCUT2D eigenvalue weighted by Crippen LogP contribution is -2.17. The maximum atomic E-state index is 11.2. The van der Waals surface area contributed by atoms with Crippen molar-refractivity contribution in [2.24, 2.45) is 11.8 Å². The summed E-state index contributed by atoms with van der Waals surface area (Å²) in [5, 5.41) is 11.9. The van der Waals surface area contributed by atoms with Crippen molar-refractivity contribution >= 4 is 34.2 Å². The molecule has 1 N–H and O–H groups in total. The molecule has 4 aromatic rings. The molecule has 0 aromatic carbocycles. The number of rotatable bonds is 5. The number of aromatic nitrogens is 5. The molecule has 0 bridgehead atoms. The van der Waals surface area contributed by atoms with Crippen LogP contribution in [0, 0.1) is 11.8 Å². The number of aliphatic hydroxyl groups is 1. The van der Waals surface area contributed by atoms with Gasteiger partial charge >= 0.3 is 0 Å². The number of halogens is 2. The lowest BCUT2D eigenvalue weighted by Gasteiger charge is -2.26.